The van der Waals surface area contributed by atoms with Crippen molar-refractivity contribution in [1.29, 1.82) is 0 Å². The molecule has 1 aromatic heterocycles. The number of hydrogen-bond acceptors (Lipinski definition) is 4. The van der Waals surface area contributed by atoms with E-state index in [1.807, 2.05) is 12.1 Å². The van der Waals surface area contributed by atoms with E-state index >= 15 is 0 Å². The lowest BCUT2D eigenvalue weighted by molar-refractivity contribution is 0.917. The molecular weight excluding hydrogens is 236 g/mol. The molecule has 4 nitrogen and oxygen atoms in total. The van der Waals surface area contributed by atoms with Crippen LogP contribution < -0.4 is 16.2 Å². The Morgan fingerprint density at radius 1 is 1.16 bits per heavy atom. The Morgan fingerprint density at radius 2 is 1.84 bits per heavy atom. The van der Waals surface area contributed by atoms with Gasteiger partial charge in [0, 0.05) is 25.5 Å². The minimum absolute atomic E-state index is 0.686. The van der Waals surface area contributed by atoms with Crippen LogP contribution in [0.4, 0.5) is 11.5 Å². The molecule has 3 N–H and O–H groups in total. The number of nitrogens with zero attached hydrogens (tertiary/aromatic N) is 2. The minimum Gasteiger partial charge on any atom is -0.370 e. The molecule has 0 spiro atoms. The second kappa shape index (κ2) is 5.71. The molecular formula is C15H20N4. The van der Waals surface area contributed by atoms with Crippen molar-refractivity contribution in [2.24, 2.45) is 5.84 Å². The first-order chi connectivity index (χ1) is 9.08. The van der Waals surface area contributed by atoms with Crippen LogP contribution in [0.25, 0.3) is 0 Å². The van der Waals surface area contributed by atoms with E-state index in [0.29, 0.717) is 5.82 Å². The van der Waals surface area contributed by atoms with Crippen LogP contribution in [-0.4, -0.2) is 12.0 Å². The van der Waals surface area contributed by atoms with Gasteiger partial charge in [0.05, 0.1) is 0 Å². The predicted octanol–water partition coefficient (Wildman–Crippen LogP) is 2.62. The van der Waals surface area contributed by atoms with Crippen molar-refractivity contribution in [1.82, 2.24) is 4.98 Å². The molecule has 0 saturated heterocycles. The summed E-state index contributed by atoms with van der Waals surface area (Å²) in [6.07, 6.45) is 1.76. The third-order valence-electron chi connectivity index (χ3n) is 3.04. The number of hydrazine groups is 1. The number of nitrogens with two attached hydrogens (primary N) is 1. The summed E-state index contributed by atoms with van der Waals surface area (Å²) in [5, 5.41) is 0. The molecule has 1 heterocycles. The maximum atomic E-state index is 5.37. The Morgan fingerprint density at radius 3 is 2.47 bits per heavy atom. The predicted molar refractivity (Wildman–Crippen MR) is 80.1 cm³/mol. The summed E-state index contributed by atoms with van der Waals surface area (Å²) in [5.74, 6) is 6.06. The number of benzene rings is 1. The number of anilines is 2. The molecule has 100 valence electrons. The minimum atomic E-state index is 0.686. The molecule has 0 aliphatic carbocycles. The van der Waals surface area contributed by atoms with E-state index in [0.717, 1.165) is 6.54 Å². The molecule has 0 aliphatic rings. The first kappa shape index (κ1) is 13.4. The number of nitrogen functional groups attached to an aromatic ring is 1. The van der Waals surface area contributed by atoms with Crippen molar-refractivity contribution >= 4 is 11.5 Å². The summed E-state index contributed by atoms with van der Waals surface area (Å²) in [7, 11) is 2.09. The number of rotatable bonds is 4. The zero-order valence-corrected chi connectivity index (χ0v) is 11.6. The average Bonchev–Trinajstić information content (AvgIpc) is 2.37. The van der Waals surface area contributed by atoms with E-state index in [-0.39, 0.29) is 0 Å². The molecule has 0 bridgehead atoms. The number of aryl methyl sites for hydroxylation is 2. The fraction of sp³-hybridized carbons (Fsp3) is 0.267. The highest BCUT2D eigenvalue weighted by atomic mass is 15.2. The monoisotopic (exact) mass is 256 g/mol. The number of nitrogens with one attached hydrogen (secondary N) is 1. The Kier molecular flexibility index (Phi) is 4.02. The van der Waals surface area contributed by atoms with Crippen LogP contribution >= 0.6 is 0 Å². The lowest BCUT2D eigenvalue weighted by atomic mass is 10.1. The van der Waals surface area contributed by atoms with Crippen molar-refractivity contribution in [3.8, 4) is 0 Å². The van der Waals surface area contributed by atoms with Gasteiger partial charge in [-0.3, -0.25) is 0 Å². The van der Waals surface area contributed by atoms with Crippen molar-refractivity contribution < 1.29 is 0 Å². The van der Waals surface area contributed by atoms with Gasteiger partial charge in [-0.1, -0.05) is 6.07 Å². The van der Waals surface area contributed by atoms with Crippen LogP contribution in [0.5, 0.6) is 0 Å². The summed E-state index contributed by atoms with van der Waals surface area (Å²) >= 11 is 0. The van der Waals surface area contributed by atoms with Crippen molar-refractivity contribution in [2.45, 2.75) is 20.4 Å². The molecule has 1 aromatic carbocycles. The summed E-state index contributed by atoms with van der Waals surface area (Å²) in [6, 6.07) is 10.5. The SMILES string of the molecule is Cc1cc(C)cc(N(C)Cc2ccnc(NN)c2)c1. The fourth-order valence-electron chi connectivity index (χ4n) is 2.19. The Labute approximate surface area is 114 Å². The summed E-state index contributed by atoms with van der Waals surface area (Å²) in [6.45, 7) is 5.06. The maximum Gasteiger partial charge on any atom is 0.140 e. The summed E-state index contributed by atoms with van der Waals surface area (Å²) in [5.41, 5.74) is 7.52. The van der Waals surface area contributed by atoms with Gasteiger partial charge in [-0.2, -0.15) is 0 Å². The topological polar surface area (TPSA) is 54.2 Å². The van der Waals surface area contributed by atoms with Crippen LogP contribution in [0, 0.1) is 13.8 Å². The third-order valence-corrected chi connectivity index (χ3v) is 3.04. The van der Waals surface area contributed by atoms with Gasteiger partial charge < -0.3 is 10.3 Å². The van der Waals surface area contributed by atoms with Crippen LogP contribution in [-0.2, 0) is 6.54 Å². The van der Waals surface area contributed by atoms with Crippen molar-refractivity contribution in [3.05, 3.63) is 53.2 Å². The second-order valence-electron chi connectivity index (χ2n) is 4.90. The van der Waals surface area contributed by atoms with E-state index in [1.165, 1.54) is 22.4 Å². The first-order valence-corrected chi connectivity index (χ1v) is 6.29. The smallest absolute Gasteiger partial charge is 0.140 e. The summed E-state index contributed by atoms with van der Waals surface area (Å²) in [4.78, 5) is 6.33. The highest BCUT2D eigenvalue weighted by Crippen LogP contribution is 2.19. The van der Waals surface area contributed by atoms with E-state index in [2.05, 4.69) is 54.4 Å². The molecule has 0 fully saturated rings. The van der Waals surface area contributed by atoms with E-state index in [4.69, 9.17) is 5.84 Å². The van der Waals surface area contributed by atoms with Crippen LogP contribution in [0.1, 0.15) is 16.7 Å². The van der Waals surface area contributed by atoms with Gasteiger partial charge in [-0.15, -0.1) is 0 Å². The zero-order valence-electron chi connectivity index (χ0n) is 11.6. The largest absolute Gasteiger partial charge is 0.370 e. The van der Waals surface area contributed by atoms with Crippen molar-refractivity contribution in [2.75, 3.05) is 17.4 Å². The van der Waals surface area contributed by atoms with Gasteiger partial charge in [0.25, 0.3) is 0 Å². The number of hydrogen-bond donors (Lipinski definition) is 2. The quantitative estimate of drug-likeness (QED) is 0.652. The molecule has 0 aliphatic heterocycles. The van der Waals surface area contributed by atoms with Gasteiger partial charge >= 0.3 is 0 Å². The maximum absolute atomic E-state index is 5.37. The van der Waals surface area contributed by atoms with E-state index in [1.54, 1.807) is 6.20 Å². The third kappa shape index (κ3) is 3.45. The molecule has 19 heavy (non-hydrogen) atoms. The second-order valence-corrected chi connectivity index (χ2v) is 4.90. The molecule has 4 heteroatoms. The molecule has 2 rings (SSSR count). The molecule has 0 amide bonds. The lowest BCUT2D eigenvalue weighted by Crippen LogP contribution is -2.17. The molecule has 0 radical (unpaired) electrons. The van der Waals surface area contributed by atoms with Crippen LogP contribution in [0.15, 0.2) is 36.5 Å². The first-order valence-electron chi connectivity index (χ1n) is 6.29. The highest BCUT2D eigenvalue weighted by Gasteiger charge is 2.04. The molecule has 0 saturated carbocycles. The molecule has 0 atom stereocenters. The molecule has 2 aromatic rings. The average molecular weight is 256 g/mol. The normalized spacial score (nSPS) is 10.3. The Bertz CT molecular complexity index is 546. The van der Waals surface area contributed by atoms with Gasteiger partial charge in [0.1, 0.15) is 5.82 Å². The molecule has 0 unspecified atom stereocenters. The zero-order chi connectivity index (χ0) is 13.8. The lowest BCUT2D eigenvalue weighted by Gasteiger charge is -2.20. The fourth-order valence-corrected chi connectivity index (χ4v) is 2.19. The van der Waals surface area contributed by atoms with E-state index < -0.39 is 0 Å². The van der Waals surface area contributed by atoms with Gasteiger partial charge in [-0.25, -0.2) is 10.8 Å². The van der Waals surface area contributed by atoms with Crippen LogP contribution in [0.2, 0.25) is 0 Å². The Balaban J connectivity index is 2.17. The van der Waals surface area contributed by atoms with Crippen molar-refractivity contribution in [3.63, 3.8) is 0 Å². The van der Waals surface area contributed by atoms with E-state index in [9.17, 15) is 0 Å². The Hall–Kier alpha value is -2.07. The number of aromatic nitrogens is 1. The standard InChI is InChI=1S/C15H20N4/c1-11-6-12(2)8-14(7-11)19(3)10-13-4-5-17-15(9-13)18-16/h4-9H,10,16H2,1-3H3,(H,17,18). The summed E-state index contributed by atoms with van der Waals surface area (Å²) < 4.78 is 0. The van der Waals surface area contributed by atoms with Gasteiger partial charge in [-0.05, 0) is 54.8 Å². The van der Waals surface area contributed by atoms with Gasteiger partial charge in [0.15, 0.2) is 0 Å². The van der Waals surface area contributed by atoms with Gasteiger partial charge in [0.2, 0.25) is 0 Å². The van der Waals surface area contributed by atoms with Crippen LogP contribution in [0.3, 0.4) is 0 Å². The number of pyridine rings is 1. The highest BCUT2D eigenvalue weighted by molar-refractivity contribution is 5.51.